The molecule has 46 heavy (non-hydrogen) atoms. The number of nitrogens with zero attached hydrogens (tertiary/aromatic N) is 2. The van der Waals surface area contributed by atoms with Crippen LogP contribution in [-0.2, 0) is 0 Å². The highest BCUT2D eigenvalue weighted by Gasteiger charge is 2.17. The largest absolute Gasteiger partial charge is 0.311 e. The van der Waals surface area contributed by atoms with Gasteiger partial charge in [0.2, 0.25) is 0 Å². The number of benzene rings is 5. The normalized spacial score (nSPS) is 10.8. The van der Waals surface area contributed by atoms with Gasteiger partial charge in [0.05, 0.1) is 9.75 Å². The summed E-state index contributed by atoms with van der Waals surface area (Å²) >= 11 is 2.91. The van der Waals surface area contributed by atoms with Crippen LogP contribution in [0.3, 0.4) is 0 Å². The maximum atomic E-state index is 11.5. The summed E-state index contributed by atoms with van der Waals surface area (Å²) in [6, 6.07) is 49.9. The molecular weight excluding hydrogens is 605 g/mol. The maximum Gasteiger partial charge on any atom is 0.160 e. The van der Waals surface area contributed by atoms with Crippen LogP contribution in [0, 0.1) is 0 Å². The third kappa shape index (κ3) is 5.79. The van der Waals surface area contributed by atoms with E-state index in [1.54, 1.807) is 0 Å². The molecular formula is C40H28N2O2S2. The average Bonchev–Trinajstić information content (AvgIpc) is 3.81. The van der Waals surface area contributed by atoms with E-state index in [9.17, 15) is 9.59 Å². The molecule has 6 heteroatoms. The summed E-state index contributed by atoms with van der Waals surface area (Å²) in [6.45, 7) is 0. The molecule has 0 aliphatic rings. The summed E-state index contributed by atoms with van der Waals surface area (Å²) in [5.74, 6) is 0. The van der Waals surface area contributed by atoms with Gasteiger partial charge in [0.1, 0.15) is 0 Å². The number of anilines is 6. The van der Waals surface area contributed by atoms with Gasteiger partial charge in [0.25, 0.3) is 0 Å². The summed E-state index contributed by atoms with van der Waals surface area (Å²) in [7, 11) is 0. The third-order valence-corrected chi connectivity index (χ3v) is 9.56. The monoisotopic (exact) mass is 632 g/mol. The van der Waals surface area contributed by atoms with Crippen molar-refractivity contribution in [2.45, 2.75) is 0 Å². The standard InChI is InChI=1S/C40H28N2O2S2/c43-27-39-37(23-25-45-39)29-11-15-33(16-12-29)41(31-7-3-1-4-8-31)35-19-21-36(22-20-35)42(32-9-5-2-6-10-32)34-17-13-30(14-18-34)38-24-26-46-40(38)28-44/h1-28H. The molecule has 7 rings (SSSR count). The number of carbonyl (C=O) groups is 2. The number of rotatable bonds is 10. The van der Waals surface area contributed by atoms with Gasteiger partial charge in [-0.25, -0.2) is 0 Å². The van der Waals surface area contributed by atoms with Crippen LogP contribution in [0.15, 0.2) is 156 Å². The number of thiophene rings is 2. The molecule has 0 saturated heterocycles. The molecule has 0 N–H and O–H groups in total. The Morgan fingerprint density at radius 2 is 0.674 bits per heavy atom. The molecule has 2 aromatic heterocycles. The van der Waals surface area contributed by atoms with Crippen molar-refractivity contribution >= 4 is 69.4 Å². The summed E-state index contributed by atoms with van der Waals surface area (Å²) in [4.78, 5) is 29.0. The highest BCUT2D eigenvalue weighted by molar-refractivity contribution is 7.12. The first-order valence-electron chi connectivity index (χ1n) is 14.8. The molecule has 0 aliphatic heterocycles. The molecule has 0 fully saturated rings. The maximum absolute atomic E-state index is 11.5. The second kappa shape index (κ2) is 13.2. The van der Waals surface area contributed by atoms with Crippen molar-refractivity contribution in [2.75, 3.05) is 9.80 Å². The molecule has 4 nitrogen and oxygen atoms in total. The zero-order valence-electron chi connectivity index (χ0n) is 24.7. The highest BCUT2D eigenvalue weighted by atomic mass is 32.1. The van der Waals surface area contributed by atoms with Crippen LogP contribution in [0.2, 0.25) is 0 Å². The Bertz CT molecular complexity index is 1910. The van der Waals surface area contributed by atoms with Gasteiger partial charge in [-0.05, 0) is 107 Å². The average molecular weight is 633 g/mol. The number of hydrogen-bond acceptors (Lipinski definition) is 6. The van der Waals surface area contributed by atoms with Gasteiger partial charge in [-0.3, -0.25) is 9.59 Å². The van der Waals surface area contributed by atoms with E-state index >= 15 is 0 Å². The number of carbonyl (C=O) groups excluding carboxylic acids is 2. The van der Waals surface area contributed by atoms with Crippen LogP contribution < -0.4 is 9.80 Å². The van der Waals surface area contributed by atoms with Gasteiger partial charge in [0.15, 0.2) is 12.6 Å². The van der Waals surface area contributed by atoms with Crippen LogP contribution in [-0.4, -0.2) is 12.6 Å². The van der Waals surface area contributed by atoms with E-state index in [2.05, 4.69) is 107 Å². The molecule has 5 aromatic carbocycles. The first-order chi connectivity index (χ1) is 22.7. The molecule has 0 spiro atoms. The second-order valence-electron chi connectivity index (χ2n) is 10.6. The van der Waals surface area contributed by atoms with Crippen LogP contribution in [0.1, 0.15) is 19.3 Å². The van der Waals surface area contributed by atoms with Gasteiger partial charge in [-0.15, -0.1) is 22.7 Å². The van der Waals surface area contributed by atoms with Crippen molar-refractivity contribution in [3.8, 4) is 22.3 Å². The van der Waals surface area contributed by atoms with Crippen molar-refractivity contribution in [3.05, 3.63) is 166 Å². The Kier molecular flexibility index (Phi) is 8.37. The second-order valence-corrected chi connectivity index (χ2v) is 12.5. The topological polar surface area (TPSA) is 40.6 Å². The summed E-state index contributed by atoms with van der Waals surface area (Å²) < 4.78 is 0. The minimum Gasteiger partial charge on any atom is -0.311 e. The molecule has 0 saturated carbocycles. The van der Waals surface area contributed by atoms with E-state index in [4.69, 9.17) is 0 Å². The van der Waals surface area contributed by atoms with Gasteiger partial charge in [0, 0.05) is 45.3 Å². The van der Waals surface area contributed by atoms with Gasteiger partial charge in [-0.1, -0.05) is 60.7 Å². The van der Waals surface area contributed by atoms with E-state index in [-0.39, 0.29) is 0 Å². The molecule has 0 atom stereocenters. The van der Waals surface area contributed by atoms with Gasteiger partial charge in [-0.2, -0.15) is 0 Å². The predicted molar refractivity (Wildman–Crippen MR) is 193 cm³/mol. The lowest BCUT2D eigenvalue weighted by Crippen LogP contribution is -2.12. The van der Waals surface area contributed by atoms with Gasteiger partial charge < -0.3 is 9.80 Å². The minimum absolute atomic E-state index is 0.734. The highest BCUT2D eigenvalue weighted by Crippen LogP contribution is 2.40. The molecule has 2 heterocycles. The number of hydrogen-bond donors (Lipinski definition) is 0. The minimum atomic E-state index is 0.734. The quantitative estimate of drug-likeness (QED) is 0.141. The van der Waals surface area contributed by atoms with Crippen LogP contribution >= 0.6 is 22.7 Å². The zero-order chi connectivity index (χ0) is 31.3. The first-order valence-corrected chi connectivity index (χ1v) is 16.6. The molecule has 0 unspecified atom stereocenters. The molecule has 0 aliphatic carbocycles. The third-order valence-electron chi connectivity index (χ3n) is 7.87. The fourth-order valence-electron chi connectivity index (χ4n) is 5.68. The summed E-state index contributed by atoms with van der Waals surface area (Å²) in [6.07, 6.45) is 1.85. The van der Waals surface area contributed by atoms with Crippen LogP contribution in [0.5, 0.6) is 0 Å². The van der Waals surface area contributed by atoms with Crippen molar-refractivity contribution in [2.24, 2.45) is 0 Å². The molecule has 0 radical (unpaired) electrons. The Balaban J connectivity index is 1.25. The van der Waals surface area contributed by atoms with Crippen molar-refractivity contribution in [3.63, 3.8) is 0 Å². The molecule has 7 aromatic rings. The molecule has 0 bridgehead atoms. The Hall–Kier alpha value is -5.56. The SMILES string of the molecule is O=Cc1sccc1-c1ccc(N(c2ccccc2)c2ccc(N(c3ccccc3)c3ccc(-c4ccsc4C=O)cc3)cc2)cc1. The Morgan fingerprint density at radius 1 is 0.370 bits per heavy atom. The van der Waals surface area contributed by atoms with E-state index in [0.29, 0.717) is 0 Å². The van der Waals surface area contributed by atoms with E-state index < -0.39 is 0 Å². The van der Waals surface area contributed by atoms with E-state index in [1.165, 1.54) is 22.7 Å². The van der Waals surface area contributed by atoms with E-state index in [0.717, 1.165) is 78.7 Å². The zero-order valence-corrected chi connectivity index (χ0v) is 26.3. The fourth-order valence-corrected chi connectivity index (χ4v) is 7.12. The van der Waals surface area contributed by atoms with E-state index in [1.807, 2.05) is 59.3 Å². The molecule has 0 amide bonds. The smallest absolute Gasteiger partial charge is 0.160 e. The first kappa shape index (κ1) is 29.2. The van der Waals surface area contributed by atoms with Crippen molar-refractivity contribution in [1.29, 1.82) is 0 Å². The predicted octanol–water partition coefficient (Wildman–Crippen LogP) is 11.7. The Labute approximate surface area is 276 Å². The lowest BCUT2D eigenvalue weighted by atomic mass is 10.1. The Morgan fingerprint density at radius 3 is 1.00 bits per heavy atom. The fraction of sp³-hybridized carbons (Fsp3) is 0. The summed E-state index contributed by atoms with van der Waals surface area (Å²) in [5.41, 5.74) is 10.1. The lowest BCUT2D eigenvalue weighted by molar-refractivity contribution is 0.111. The van der Waals surface area contributed by atoms with Crippen molar-refractivity contribution < 1.29 is 9.59 Å². The molecule has 222 valence electrons. The number of para-hydroxylation sites is 2. The summed E-state index contributed by atoms with van der Waals surface area (Å²) in [5, 5.41) is 3.90. The van der Waals surface area contributed by atoms with Crippen molar-refractivity contribution in [1.82, 2.24) is 0 Å². The van der Waals surface area contributed by atoms with Crippen LogP contribution in [0.4, 0.5) is 34.1 Å². The van der Waals surface area contributed by atoms with Crippen LogP contribution in [0.25, 0.3) is 22.3 Å². The lowest BCUT2D eigenvalue weighted by Gasteiger charge is -2.28. The van der Waals surface area contributed by atoms with Gasteiger partial charge >= 0.3 is 0 Å². The number of aldehydes is 2.